The van der Waals surface area contributed by atoms with Crippen LogP contribution < -0.4 is 4.74 Å². The van der Waals surface area contributed by atoms with Gasteiger partial charge in [-0.3, -0.25) is 4.79 Å². The van der Waals surface area contributed by atoms with E-state index >= 15 is 0 Å². The van der Waals surface area contributed by atoms with Crippen molar-refractivity contribution in [2.45, 2.75) is 20.0 Å². The van der Waals surface area contributed by atoms with E-state index < -0.39 is 0 Å². The third-order valence-electron chi connectivity index (χ3n) is 3.00. The van der Waals surface area contributed by atoms with E-state index in [0.717, 1.165) is 34.3 Å². The van der Waals surface area contributed by atoms with Crippen LogP contribution in [0.4, 0.5) is 0 Å². The van der Waals surface area contributed by atoms with Gasteiger partial charge in [0, 0.05) is 16.5 Å². The van der Waals surface area contributed by atoms with E-state index in [2.05, 4.69) is 0 Å². The Morgan fingerprint density at radius 3 is 2.88 bits per heavy atom. The van der Waals surface area contributed by atoms with Crippen molar-refractivity contribution < 1.29 is 13.9 Å². The van der Waals surface area contributed by atoms with Gasteiger partial charge < -0.3 is 9.15 Å². The average molecular weight is 228 g/mol. The Hall–Kier alpha value is -2.03. The first-order valence-corrected chi connectivity index (χ1v) is 5.55. The van der Waals surface area contributed by atoms with Crippen molar-refractivity contribution in [2.75, 3.05) is 0 Å². The monoisotopic (exact) mass is 228 g/mol. The van der Waals surface area contributed by atoms with Crippen molar-refractivity contribution in [1.29, 1.82) is 0 Å². The van der Waals surface area contributed by atoms with Crippen molar-refractivity contribution in [3.05, 3.63) is 35.1 Å². The molecule has 3 heteroatoms. The van der Waals surface area contributed by atoms with E-state index in [1.807, 2.05) is 38.1 Å². The molecule has 1 aliphatic rings. The molecular weight excluding hydrogens is 216 g/mol. The van der Waals surface area contributed by atoms with Gasteiger partial charge in [0.25, 0.3) is 0 Å². The summed E-state index contributed by atoms with van der Waals surface area (Å²) in [6.45, 7) is 3.78. The molecule has 0 bridgehead atoms. The highest BCUT2D eigenvalue weighted by Gasteiger charge is 2.19. The maximum atomic E-state index is 10.9. The van der Waals surface area contributed by atoms with Gasteiger partial charge in [0.2, 0.25) is 0 Å². The molecule has 1 unspecified atom stereocenters. The minimum absolute atomic E-state index is 0.189. The quantitative estimate of drug-likeness (QED) is 0.704. The molecule has 1 aliphatic heterocycles. The number of furan rings is 1. The van der Waals surface area contributed by atoms with E-state index in [0.29, 0.717) is 5.57 Å². The molecule has 0 amide bonds. The average Bonchev–Trinajstić information content (AvgIpc) is 2.64. The van der Waals surface area contributed by atoms with Gasteiger partial charge in [-0.15, -0.1) is 0 Å². The fraction of sp³-hybridized carbons (Fsp3) is 0.214. The molecule has 0 N–H and O–H groups in total. The zero-order valence-corrected chi connectivity index (χ0v) is 9.69. The minimum Gasteiger partial charge on any atom is -0.485 e. The number of hydrogen-bond acceptors (Lipinski definition) is 3. The lowest BCUT2D eigenvalue weighted by molar-refractivity contribution is -0.105. The summed E-state index contributed by atoms with van der Waals surface area (Å²) in [6.07, 6.45) is 2.50. The van der Waals surface area contributed by atoms with E-state index in [9.17, 15) is 4.79 Å². The zero-order valence-electron chi connectivity index (χ0n) is 9.69. The highest BCUT2D eigenvalue weighted by molar-refractivity contribution is 5.89. The molecule has 86 valence electrons. The van der Waals surface area contributed by atoms with Crippen LogP contribution in [0.1, 0.15) is 18.2 Å². The van der Waals surface area contributed by atoms with Gasteiger partial charge in [-0.1, -0.05) is 0 Å². The molecule has 1 atom stereocenters. The summed E-state index contributed by atoms with van der Waals surface area (Å²) in [5.41, 5.74) is 2.37. The van der Waals surface area contributed by atoms with E-state index in [1.165, 1.54) is 0 Å². The normalized spacial score (nSPS) is 18.5. The number of fused-ring (bicyclic) bond motifs is 2. The molecule has 17 heavy (non-hydrogen) atoms. The van der Waals surface area contributed by atoms with Crippen LogP contribution in [0.2, 0.25) is 0 Å². The number of hydrogen-bond donors (Lipinski definition) is 0. The Morgan fingerprint density at radius 1 is 1.29 bits per heavy atom. The second-order valence-electron chi connectivity index (χ2n) is 4.31. The van der Waals surface area contributed by atoms with Crippen molar-refractivity contribution in [3.63, 3.8) is 0 Å². The molecule has 0 radical (unpaired) electrons. The molecule has 0 aliphatic carbocycles. The maximum Gasteiger partial charge on any atom is 0.149 e. The van der Waals surface area contributed by atoms with E-state index in [4.69, 9.17) is 9.15 Å². The summed E-state index contributed by atoms with van der Waals surface area (Å²) in [7, 11) is 0. The standard InChI is InChI=1S/C14H12O3/c1-8-3-10-5-14-11(6-13(10)16-8)4-12(7-15)9(2)17-14/h3-7,9H,1-2H3. The largest absolute Gasteiger partial charge is 0.485 e. The first-order chi connectivity index (χ1) is 8.17. The summed E-state index contributed by atoms with van der Waals surface area (Å²) in [6, 6.07) is 5.84. The van der Waals surface area contributed by atoms with Gasteiger partial charge in [-0.05, 0) is 38.1 Å². The van der Waals surface area contributed by atoms with Crippen molar-refractivity contribution in [1.82, 2.24) is 0 Å². The lowest BCUT2D eigenvalue weighted by atomic mass is 10.0. The van der Waals surface area contributed by atoms with Gasteiger partial charge in [-0.25, -0.2) is 0 Å². The molecule has 0 saturated carbocycles. The van der Waals surface area contributed by atoms with E-state index in [1.54, 1.807) is 0 Å². The summed E-state index contributed by atoms with van der Waals surface area (Å²) >= 11 is 0. The third-order valence-corrected chi connectivity index (χ3v) is 3.00. The van der Waals surface area contributed by atoms with Crippen LogP contribution in [0, 0.1) is 6.92 Å². The summed E-state index contributed by atoms with van der Waals surface area (Å²) < 4.78 is 11.3. The molecule has 2 aromatic rings. The lowest BCUT2D eigenvalue weighted by Gasteiger charge is -2.21. The third kappa shape index (κ3) is 1.55. The van der Waals surface area contributed by atoms with Crippen LogP contribution >= 0.6 is 0 Å². The number of aldehydes is 1. The highest BCUT2D eigenvalue weighted by atomic mass is 16.5. The molecule has 3 rings (SSSR count). The lowest BCUT2D eigenvalue weighted by Crippen LogP contribution is -2.19. The Labute approximate surface area is 98.7 Å². The van der Waals surface area contributed by atoms with E-state index in [-0.39, 0.29) is 6.10 Å². The molecule has 2 heterocycles. The summed E-state index contributed by atoms with van der Waals surface area (Å²) in [5.74, 6) is 1.67. The predicted octanol–water partition coefficient (Wildman–Crippen LogP) is 3.10. The number of rotatable bonds is 1. The Morgan fingerprint density at radius 2 is 2.12 bits per heavy atom. The fourth-order valence-electron chi connectivity index (χ4n) is 2.11. The van der Waals surface area contributed by atoms with Gasteiger partial charge in [0.1, 0.15) is 29.5 Å². The molecule has 0 fully saturated rings. The number of benzene rings is 1. The summed E-state index contributed by atoms with van der Waals surface area (Å²) in [4.78, 5) is 10.9. The highest BCUT2D eigenvalue weighted by Crippen LogP contribution is 2.34. The predicted molar refractivity (Wildman–Crippen MR) is 65.1 cm³/mol. The Kier molecular flexibility index (Phi) is 2.08. The molecule has 3 nitrogen and oxygen atoms in total. The van der Waals surface area contributed by atoms with Crippen LogP contribution in [0.3, 0.4) is 0 Å². The maximum absolute atomic E-state index is 10.9. The number of ether oxygens (including phenoxy) is 1. The molecule has 0 saturated heterocycles. The minimum atomic E-state index is -0.189. The van der Waals surface area contributed by atoms with Gasteiger partial charge in [-0.2, -0.15) is 0 Å². The molecule has 1 aromatic heterocycles. The topological polar surface area (TPSA) is 39.4 Å². The summed E-state index contributed by atoms with van der Waals surface area (Å²) in [5, 5.41) is 1.02. The zero-order chi connectivity index (χ0) is 12.0. The molecule has 1 aromatic carbocycles. The number of carbonyl (C=O) groups is 1. The van der Waals surface area contributed by atoms with Crippen LogP contribution in [-0.2, 0) is 4.79 Å². The van der Waals surface area contributed by atoms with Gasteiger partial charge in [0.05, 0.1) is 0 Å². The first-order valence-electron chi connectivity index (χ1n) is 5.55. The van der Waals surface area contributed by atoms with Crippen molar-refractivity contribution in [3.8, 4) is 5.75 Å². The van der Waals surface area contributed by atoms with Crippen LogP contribution in [0.25, 0.3) is 17.0 Å². The second-order valence-corrected chi connectivity index (χ2v) is 4.31. The van der Waals surface area contributed by atoms with Crippen LogP contribution in [-0.4, -0.2) is 12.4 Å². The van der Waals surface area contributed by atoms with Crippen LogP contribution in [0.15, 0.2) is 28.2 Å². The van der Waals surface area contributed by atoms with Crippen molar-refractivity contribution in [2.24, 2.45) is 0 Å². The number of aryl methyl sites for hydroxylation is 1. The van der Waals surface area contributed by atoms with Gasteiger partial charge >= 0.3 is 0 Å². The van der Waals surface area contributed by atoms with Gasteiger partial charge in [0.15, 0.2) is 0 Å². The SMILES string of the molecule is Cc1cc2cc3c(cc2o1)C=C(C=O)C(C)O3. The number of carbonyl (C=O) groups excluding carboxylic acids is 1. The Balaban J connectivity index is 2.23. The smallest absolute Gasteiger partial charge is 0.149 e. The molecular formula is C14H12O3. The fourth-order valence-corrected chi connectivity index (χ4v) is 2.11. The Bertz CT molecular complexity index is 634. The first kappa shape index (κ1) is 10.1. The second kappa shape index (κ2) is 3.48. The van der Waals surface area contributed by atoms with Crippen molar-refractivity contribution >= 4 is 23.3 Å². The van der Waals surface area contributed by atoms with Crippen LogP contribution in [0.5, 0.6) is 5.75 Å². The molecule has 0 spiro atoms.